The summed E-state index contributed by atoms with van der Waals surface area (Å²) in [5.74, 6) is -1.23. The first-order chi connectivity index (χ1) is 10.0. The lowest BCUT2D eigenvalue weighted by molar-refractivity contribution is -0.143. The molecular formula is C16H30N2O3. The zero-order valence-electron chi connectivity index (χ0n) is 13.6. The van der Waals surface area contributed by atoms with E-state index in [9.17, 15) is 14.7 Å². The predicted molar refractivity (Wildman–Crippen MR) is 83.3 cm³/mol. The quantitative estimate of drug-likeness (QED) is 0.758. The van der Waals surface area contributed by atoms with Crippen LogP contribution in [0.25, 0.3) is 0 Å². The number of urea groups is 1. The standard InChI is InChI=1S/C16H30N2O3/c1-4-6-11-18(12(3)5-2)16(21)17-14-10-8-7-9-13(14)15(19)20/h12-14H,4-11H2,1-3H3,(H,17,21)(H,19,20). The highest BCUT2D eigenvalue weighted by atomic mass is 16.4. The van der Waals surface area contributed by atoms with E-state index in [0.29, 0.717) is 6.42 Å². The normalized spacial score (nSPS) is 23.4. The minimum Gasteiger partial charge on any atom is -0.481 e. The van der Waals surface area contributed by atoms with Crippen molar-refractivity contribution in [1.29, 1.82) is 0 Å². The van der Waals surface area contributed by atoms with Gasteiger partial charge < -0.3 is 15.3 Å². The highest BCUT2D eigenvalue weighted by Crippen LogP contribution is 2.25. The van der Waals surface area contributed by atoms with Crippen LogP contribution in [0.5, 0.6) is 0 Å². The molecule has 1 fully saturated rings. The first kappa shape index (κ1) is 17.8. The number of unbranched alkanes of at least 4 members (excludes halogenated alkanes) is 1. The number of carbonyl (C=O) groups excluding carboxylic acids is 1. The Morgan fingerprint density at radius 2 is 1.95 bits per heavy atom. The number of hydrogen-bond acceptors (Lipinski definition) is 2. The molecule has 0 aromatic heterocycles. The third-order valence-electron chi connectivity index (χ3n) is 4.53. The van der Waals surface area contributed by atoms with Gasteiger partial charge in [-0.1, -0.05) is 33.1 Å². The van der Waals surface area contributed by atoms with Gasteiger partial charge in [-0.3, -0.25) is 4.79 Å². The van der Waals surface area contributed by atoms with Crippen LogP contribution in [-0.2, 0) is 4.79 Å². The molecule has 3 atom stereocenters. The van der Waals surface area contributed by atoms with Gasteiger partial charge in [-0.25, -0.2) is 4.79 Å². The third kappa shape index (κ3) is 5.21. The monoisotopic (exact) mass is 298 g/mol. The molecule has 0 bridgehead atoms. The van der Waals surface area contributed by atoms with Gasteiger partial charge in [-0.05, 0) is 32.6 Å². The van der Waals surface area contributed by atoms with E-state index in [1.165, 1.54) is 0 Å². The van der Waals surface area contributed by atoms with Gasteiger partial charge >= 0.3 is 12.0 Å². The molecule has 5 heteroatoms. The van der Waals surface area contributed by atoms with Gasteiger partial charge in [0.25, 0.3) is 0 Å². The molecule has 0 spiro atoms. The van der Waals surface area contributed by atoms with Crippen LogP contribution < -0.4 is 5.32 Å². The summed E-state index contributed by atoms with van der Waals surface area (Å²) in [5.41, 5.74) is 0. The Morgan fingerprint density at radius 3 is 2.52 bits per heavy atom. The van der Waals surface area contributed by atoms with Crippen LogP contribution in [0.4, 0.5) is 4.79 Å². The first-order valence-corrected chi connectivity index (χ1v) is 8.31. The molecule has 1 aliphatic carbocycles. The van der Waals surface area contributed by atoms with Crippen molar-refractivity contribution in [2.45, 2.75) is 77.8 Å². The maximum Gasteiger partial charge on any atom is 0.317 e. The van der Waals surface area contributed by atoms with Crippen LogP contribution in [0, 0.1) is 5.92 Å². The van der Waals surface area contributed by atoms with E-state index in [0.717, 1.165) is 45.1 Å². The minimum absolute atomic E-state index is 0.101. The van der Waals surface area contributed by atoms with Crippen LogP contribution in [-0.4, -0.2) is 40.6 Å². The summed E-state index contributed by atoms with van der Waals surface area (Å²) in [6, 6.07) is -0.142. The van der Waals surface area contributed by atoms with Gasteiger partial charge in [-0.2, -0.15) is 0 Å². The summed E-state index contributed by atoms with van der Waals surface area (Å²) < 4.78 is 0. The second-order valence-electron chi connectivity index (χ2n) is 6.09. The molecule has 1 rings (SSSR count). The summed E-state index contributed by atoms with van der Waals surface area (Å²) in [7, 11) is 0. The van der Waals surface area contributed by atoms with Gasteiger partial charge in [0.2, 0.25) is 0 Å². The average Bonchev–Trinajstić information content (AvgIpc) is 2.47. The largest absolute Gasteiger partial charge is 0.481 e. The summed E-state index contributed by atoms with van der Waals surface area (Å²) in [6.07, 6.45) is 6.29. The van der Waals surface area contributed by atoms with Crippen molar-refractivity contribution in [1.82, 2.24) is 10.2 Å². The van der Waals surface area contributed by atoms with Crippen LogP contribution in [0.15, 0.2) is 0 Å². The Balaban J connectivity index is 2.67. The lowest BCUT2D eigenvalue weighted by Crippen LogP contribution is -2.52. The molecule has 0 aromatic rings. The number of hydrogen-bond donors (Lipinski definition) is 2. The maximum absolute atomic E-state index is 12.5. The summed E-state index contributed by atoms with van der Waals surface area (Å²) in [4.78, 5) is 25.7. The number of nitrogens with zero attached hydrogens (tertiary/aromatic N) is 1. The lowest BCUT2D eigenvalue weighted by Gasteiger charge is -2.34. The Bertz CT molecular complexity index is 346. The van der Waals surface area contributed by atoms with E-state index in [1.807, 2.05) is 11.8 Å². The van der Waals surface area contributed by atoms with Gasteiger partial charge in [0.15, 0.2) is 0 Å². The zero-order chi connectivity index (χ0) is 15.8. The number of carbonyl (C=O) groups is 2. The predicted octanol–water partition coefficient (Wildman–Crippen LogP) is 3.24. The van der Waals surface area contributed by atoms with E-state index in [1.54, 1.807) is 0 Å². The van der Waals surface area contributed by atoms with E-state index in [-0.39, 0.29) is 18.1 Å². The fourth-order valence-electron chi connectivity index (χ4n) is 2.91. The fourth-order valence-corrected chi connectivity index (χ4v) is 2.91. The van der Waals surface area contributed by atoms with E-state index in [2.05, 4.69) is 19.2 Å². The van der Waals surface area contributed by atoms with Crippen molar-refractivity contribution in [3.05, 3.63) is 0 Å². The second-order valence-corrected chi connectivity index (χ2v) is 6.09. The Labute approximate surface area is 128 Å². The first-order valence-electron chi connectivity index (χ1n) is 8.31. The minimum atomic E-state index is -0.788. The summed E-state index contributed by atoms with van der Waals surface area (Å²) in [6.45, 7) is 6.96. The summed E-state index contributed by atoms with van der Waals surface area (Å²) >= 11 is 0. The second kappa shape index (κ2) is 8.90. The third-order valence-corrected chi connectivity index (χ3v) is 4.53. The number of aliphatic carboxylic acids is 1. The smallest absolute Gasteiger partial charge is 0.317 e. The lowest BCUT2D eigenvalue weighted by atomic mass is 9.84. The molecule has 0 saturated heterocycles. The molecule has 0 aromatic carbocycles. The molecule has 2 N–H and O–H groups in total. The Kier molecular flexibility index (Phi) is 7.54. The van der Waals surface area contributed by atoms with Crippen molar-refractivity contribution >= 4 is 12.0 Å². The number of amides is 2. The van der Waals surface area contributed by atoms with Crippen LogP contribution in [0.2, 0.25) is 0 Å². The van der Waals surface area contributed by atoms with Gasteiger partial charge in [-0.15, -0.1) is 0 Å². The van der Waals surface area contributed by atoms with Crippen molar-refractivity contribution in [3.63, 3.8) is 0 Å². The van der Waals surface area contributed by atoms with Crippen molar-refractivity contribution in [2.75, 3.05) is 6.54 Å². The van der Waals surface area contributed by atoms with Crippen molar-refractivity contribution < 1.29 is 14.7 Å². The van der Waals surface area contributed by atoms with E-state index >= 15 is 0 Å². The van der Waals surface area contributed by atoms with Gasteiger partial charge in [0.1, 0.15) is 0 Å². The van der Waals surface area contributed by atoms with Crippen molar-refractivity contribution in [2.24, 2.45) is 5.92 Å². The van der Waals surface area contributed by atoms with Crippen LogP contribution in [0.3, 0.4) is 0 Å². The number of carboxylic acid groups (broad SMARTS) is 1. The van der Waals surface area contributed by atoms with E-state index in [4.69, 9.17) is 0 Å². The molecule has 0 aliphatic heterocycles. The molecule has 1 aliphatic rings. The summed E-state index contributed by atoms with van der Waals surface area (Å²) in [5, 5.41) is 12.3. The molecule has 21 heavy (non-hydrogen) atoms. The molecule has 0 radical (unpaired) electrons. The maximum atomic E-state index is 12.5. The van der Waals surface area contributed by atoms with Crippen LogP contribution >= 0.6 is 0 Å². The van der Waals surface area contributed by atoms with Crippen LogP contribution in [0.1, 0.15) is 65.7 Å². The molecule has 1 saturated carbocycles. The Hall–Kier alpha value is -1.26. The SMILES string of the molecule is CCCCN(C(=O)NC1CCCCC1C(=O)O)C(C)CC. The topological polar surface area (TPSA) is 69.6 Å². The molecule has 3 unspecified atom stereocenters. The fraction of sp³-hybridized carbons (Fsp3) is 0.875. The van der Waals surface area contributed by atoms with Gasteiger partial charge in [0, 0.05) is 18.6 Å². The number of carboxylic acids is 1. The van der Waals surface area contributed by atoms with Gasteiger partial charge in [0.05, 0.1) is 5.92 Å². The highest BCUT2D eigenvalue weighted by Gasteiger charge is 2.33. The van der Waals surface area contributed by atoms with Crippen molar-refractivity contribution in [3.8, 4) is 0 Å². The van der Waals surface area contributed by atoms with E-state index < -0.39 is 11.9 Å². The molecule has 2 amide bonds. The zero-order valence-corrected chi connectivity index (χ0v) is 13.6. The average molecular weight is 298 g/mol. The number of rotatable bonds is 7. The molecule has 0 heterocycles. The molecule has 5 nitrogen and oxygen atoms in total. The number of nitrogens with one attached hydrogen (secondary N) is 1. The molecular weight excluding hydrogens is 268 g/mol. The molecule has 122 valence electrons. The Morgan fingerprint density at radius 1 is 1.29 bits per heavy atom. The highest BCUT2D eigenvalue weighted by molar-refractivity contribution is 5.77.